The summed E-state index contributed by atoms with van der Waals surface area (Å²) in [5.41, 5.74) is 2.03. The molecule has 6 amide bonds. The van der Waals surface area contributed by atoms with Crippen molar-refractivity contribution in [2.75, 3.05) is 58.4 Å². The summed E-state index contributed by atoms with van der Waals surface area (Å²) in [7, 11) is 1.53. The third-order valence-electron chi connectivity index (χ3n) is 11.0. The van der Waals surface area contributed by atoms with E-state index in [0.29, 0.717) is 80.6 Å². The number of carbonyl (C=O) groups is 6. The van der Waals surface area contributed by atoms with Gasteiger partial charge in [0.05, 0.1) is 43.2 Å². The maximum absolute atomic E-state index is 14.4. The average Bonchev–Trinajstić information content (AvgIpc) is 3.67. The molecule has 19 nitrogen and oxygen atoms in total. The molecular formula is C50H62Cl2N8O11. The highest BCUT2D eigenvalue weighted by atomic mass is 35.5. The molecule has 0 spiro atoms. The number of nitrogens with one attached hydrogen (secondary N) is 5. The number of alkyl carbamates (subject to hydrolysis) is 2. The molecule has 3 heterocycles. The number of hydrogen-bond acceptors (Lipinski definition) is 12. The number of rotatable bonds is 16. The quantitative estimate of drug-likeness (QED) is 0.0746. The first-order valence-corrected chi connectivity index (χ1v) is 23.9. The van der Waals surface area contributed by atoms with Crippen LogP contribution >= 0.6 is 23.2 Å². The predicted octanol–water partition coefficient (Wildman–Crippen LogP) is 7.28. The number of amides is 6. The van der Waals surface area contributed by atoms with Crippen LogP contribution in [-0.4, -0.2) is 120 Å². The van der Waals surface area contributed by atoms with Crippen LogP contribution in [0, 0.1) is 5.92 Å². The SMILES string of the molecule is COc1cc2c(cc1-c1cccc(NC(=O)C(CNC(=O)CCNC(=O)OC(C)(C)C)CNC(=O)CCNC(=O)OC(C)(C)C)c1)-c1c(c(C(=O)N3CCOCC3(C)C)nn1-c1cc(Cl)cc(Cl)c1)CO2. The van der Waals surface area contributed by atoms with Crippen LogP contribution in [0.2, 0.25) is 10.0 Å². The molecule has 1 fully saturated rings. The van der Waals surface area contributed by atoms with Crippen LogP contribution in [0.25, 0.3) is 28.1 Å². The van der Waals surface area contributed by atoms with Crippen LogP contribution in [0.3, 0.4) is 0 Å². The van der Waals surface area contributed by atoms with Crippen LogP contribution < -0.4 is 36.1 Å². The molecule has 5 N–H and O–H groups in total. The Bertz CT molecular complexity index is 2590. The van der Waals surface area contributed by atoms with Crippen molar-refractivity contribution in [1.82, 2.24) is 35.9 Å². The van der Waals surface area contributed by atoms with Gasteiger partial charge in [0.1, 0.15) is 29.3 Å². The first-order valence-electron chi connectivity index (χ1n) is 23.1. The van der Waals surface area contributed by atoms with Gasteiger partial charge in [0.2, 0.25) is 17.7 Å². The minimum absolute atomic E-state index is 0.0191. The molecule has 3 aromatic carbocycles. The van der Waals surface area contributed by atoms with Gasteiger partial charge in [-0.05, 0) is 97.4 Å². The first kappa shape index (κ1) is 53.8. The van der Waals surface area contributed by atoms with Crippen LogP contribution in [-0.2, 0) is 35.2 Å². The fraction of sp³-hybridized carbons (Fsp3) is 0.460. The minimum Gasteiger partial charge on any atom is -0.496 e. The van der Waals surface area contributed by atoms with Gasteiger partial charge in [0.25, 0.3) is 5.91 Å². The number of morpholine rings is 1. The summed E-state index contributed by atoms with van der Waals surface area (Å²) in [6.07, 6.45) is -1.57. The molecule has 2 aliphatic rings. The molecule has 0 saturated carbocycles. The summed E-state index contributed by atoms with van der Waals surface area (Å²) in [4.78, 5) is 80.3. The van der Waals surface area contributed by atoms with Gasteiger partial charge in [-0.3, -0.25) is 19.2 Å². The molecule has 0 atom stereocenters. The molecule has 71 heavy (non-hydrogen) atoms. The van der Waals surface area contributed by atoms with Gasteiger partial charge >= 0.3 is 12.2 Å². The third kappa shape index (κ3) is 14.5. The van der Waals surface area contributed by atoms with E-state index in [1.54, 1.807) is 93.6 Å². The van der Waals surface area contributed by atoms with Crippen LogP contribution in [0.5, 0.6) is 11.5 Å². The van der Waals surface area contributed by atoms with E-state index in [1.807, 2.05) is 26.0 Å². The summed E-state index contributed by atoms with van der Waals surface area (Å²) in [6.45, 7) is 14.9. The lowest BCUT2D eigenvalue weighted by molar-refractivity contribution is -0.123. The Labute approximate surface area is 422 Å². The molecule has 0 aliphatic carbocycles. The van der Waals surface area contributed by atoms with E-state index < -0.39 is 52.6 Å². The number of nitrogens with zero attached hydrogens (tertiary/aromatic N) is 3. The van der Waals surface area contributed by atoms with Gasteiger partial charge in [-0.2, -0.15) is 5.10 Å². The highest BCUT2D eigenvalue weighted by Crippen LogP contribution is 2.47. The molecular weight excluding hydrogens is 960 g/mol. The second-order valence-corrected chi connectivity index (χ2v) is 20.5. The zero-order valence-electron chi connectivity index (χ0n) is 41.4. The van der Waals surface area contributed by atoms with Crippen molar-refractivity contribution < 1.29 is 52.5 Å². The fourth-order valence-electron chi connectivity index (χ4n) is 7.76. The number of hydrogen-bond donors (Lipinski definition) is 5. The van der Waals surface area contributed by atoms with Gasteiger partial charge in [0.15, 0.2) is 5.69 Å². The summed E-state index contributed by atoms with van der Waals surface area (Å²) in [5, 5.41) is 19.1. The molecule has 0 radical (unpaired) electrons. The standard InChI is InChI=1S/C50H62Cl2N8O11/c1-48(2,3)70-46(65)53-15-13-40(61)55-25-30(26-56-41(62)14-16-54-47(66)71-49(4,5)6)44(63)57-33-12-10-11-29(19-33)35-23-36-39(24-38(35)67-9)69-27-37-42(45(64)59-17-18-68-28-50(59,7)8)58-60(43(36)37)34-21-31(51)20-32(52)22-34/h10-12,19-24,30H,13-18,25-28H2,1-9H3,(H,53,65)(H,54,66)(H,55,61)(H,56,62)(H,57,63). The Morgan fingerprint density at radius 1 is 0.803 bits per heavy atom. The number of ether oxygens (including phenoxy) is 5. The summed E-state index contributed by atoms with van der Waals surface area (Å²) in [5.74, 6) is -1.78. The number of carbonyl (C=O) groups excluding carboxylic acids is 6. The predicted molar refractivity (Wildman–Crippen MR) is 267 cm³/mol. The Morgan fingerprint density at radius 2 is 1.41 bits per heavy atom. The van der Waals surface area contributed by atoms with E-state index in [0.717, 1.165) is 0 Å². The van der Waals surface area contributed by atoms with Crippen molar-refractivity contribution >= 4 is 64.7 Å². The monoisotopic (exact) mass is 1020 g/mol. The van der Waals surface area contributed by atoms with E-state index in [9.17, 15) is 28.8 Å². The summed E-state index contributed by atoms with van der Waals surface area (Å²) >= 11 is 13.0. The molecule has 382 valence electrons. The van der Waals surface area contributed by atoms with Crippen molar-refractivity contribution in [1.29, 1.82) is 0 Å². The first-order chi connectivity index (χ1) is 33.4. The highest BCUT2D eigenvalue weighted by Gasteiger charge is 2.39. The fourth-order valence-corrected chi connectivity index (χ4v) is 8.27. The van der Waals surface area contributed by atoms with E-state index >= 15 is 0 Å². The number of halogens is 2. The van der Waals surface area contributed by atoms with Crippen LogP contribution in [0.4, 0.5) is 15.3 Å². The van der Waals surface area contributed by atoms with Gasteiger partial charge < -0.3 is 55.2 Å². The summed E-state index contributed by atoms with van der Waals surface area (Å²) in [6, 6.07) is 15.7. The van der Waals surface area contributed by atoms with Gasteiger partial charge in [-0.15, -0.1) is 0 Å². The molecule has 0 unspecified atom stereocenters. The molecule has 0 bridgehead atoms. The lowest BCUT2D eigenvalue weighted by atomic mass is 9.95. The van der Waals surface area contributed by atoms with Crippen molar-refractivity contribution in [3.8, 4) is 39.6 Å². The largest absolute Gasteiger partial charge is 0.496 e. The van der Waals surface area contributed by atoms with Crippen molar-refractivity contribution in [2.24, 2.45) is 5.92 Å². The number of benzene rings is 3. The zero-order chi connectivity index (χ0) is 51.8. The smallest absolute Gasteiger partial charge is 0.407 e. The number of methoxy groups -OCH3 is 1. The Morgan fingerprint density at radius 3 is 1.97 bits per heavy atom. The molecule has 1 aromatic heterocycles. The van der Waals surface area contributed by atoms with E-state index in [2.05, 4.69) is 26.6 Å². The highest BCUT2D eigenvalue weighted by molar-refractivity contribution is 6.34. The van der Waals surface area contributed by atoms with E-state index in [-0.39, 0.29) is 57.2 Å². The molecule has 6 rings (SSSR count). The topological polar surface area (TPSA) is 230 Å². The normalized spacial score (nSPS) is 14.0. The second-order valence-electron chi connectivity index (χ2n) is 19.6. The maximum Gasteiger partial charge on any atom is 0.407 e. The molecule has 1 saturated heterocycles. The lowest BCUT2D eigenvalue weighted by Gasteiger charge is -2.41. The van der Waals surface area contributed by atoms with Gasteiger partial charge in [-0.1, -0.05) is 35.3 Å². The van der Waals surface area contributed by atoms with Gasteiger partial charge in [-0.25, -0.2) is 14.3 Å². The zero-order valence-corrected chi connectivity index (χ0v) is 42.9. The Balaban J connectivity index is 1.26. The lowest BCUT2D eigenvalue weighted by Crippen LogP contribution is -2.55. The molecule has 21 heteroatoms. The number of aromatic nitrogens is 2. The van der Waals surface area contributed by atoms with E-state index in [4.69, 9.17) is 52.0 Å². The molecule has 4 aromatic rings. The summed E-state index contributed by atoms with van der Waals surface area (Å²) < 4.78 is 30.1. The van der Waals surface area contributed by atoms with Crippen molar-refractivity contribution in [2.45, 2.75) is 91.6 Å². The van der Waals surface area contributed by atoms with Crippen molar-refractivity contribution in [3.05, 3.63) is 75.9 Å². The third-order valence-corrected chi connectivity index (χ3v) is 11.5. The Kier molecular flexibility index (Phi) is 17.2. The molecule has 2 aliphatic heterocycles. The average molecular weight is 1020 g/mol. The van der Waals surface area contributed by atoms with Gasteiger partial charge in [0, 0.05) is 84.1 Å². The minimum atomic E-state index is -0.974. The van der Waals surface area contributed by atoms with Crippen molar-refractivity contribution in [3.63, 3.8) is 0 Å². The number of fused-ring (bicyclic) bond motifs is 3. The maximum atomic E-state index is 14.4. The second kappa shape index (κ2) is 22.7. The Hall–Kier alpha value is -6.57. The van der Waals surface area contributed by atoms with E-state index in [1.165, 1.54) is 7.11 Å². The van der Waals surface area contributed by atoms with Crippen LogP contribution in [0.1, 0.15) is 84.3 Å². The number of anilines is 1. The van der Waals surface area contributed by atoms with Crippen LogP contribution in [0.15, 0.2) is 54.6 Å².